The van der Waals surface area contributed by atoms with Crippen molar-refractivity contribution in [3.8, 4) is 0 Å². The van der Waals surface area contributed by atoms with Crippen LogP contribution >= 0.6 is 0 Å². The van der Waals surface area contributed by atoms with Crippen LogP contribution in [0.1, 0.15) is 32.6 Å². The fourth-order valence-corrected chi connectivity index (χ4v) is 1.96. The Hall–Kier alpha value is -0.990. The van der Waals surface area contributed by atoms with Crippen molar-refractivity contribution < 1.29 is 0 Å². The van der Waals surface area contributed by atoms with Crippen molar-refractivity contribution in [2.75, 3.05) is 0 Å². The lowest BCUT2D eigenvalue weighted by Gasteiger charge is -2.24. The second kappa shape index (κ2) is 4.03. The maximum Gasteiger partial charge on any atom is 0.328 e. The molecular formula is C11H18N2O. The molecule has 1 aromatic rings. The van der Waals surface area contributed by atoms with Crippen LogP contribution in [0.3, 0.4) is 0 Å². The summed E-state index contributed by atoms with van der Waals surface area (Å²) in [6.07, 6.45) is 8.79. The largest absolute Gasteiger partial charge is 0.328 e. The molecule has 2 rings (SSSR count). The molecule has 1 heterocycles. The summed E-state index contributed by atoms with van der Waals surface area (Å²) in [6.45, 7) is 3.86. The quantitative estimate of drug-likeness (QED) is 0.718. The van der Waals surface area contributed by atoms with E-state index in [4.69, 9.17) is 0 Å². The molecule has 0 unspecified atom stereocenters. The molecule has 0 saturated heterocycles. The van der Waals surface area contributed by atoms with Crippen molar-refractivity contribution in [1.82, 2.24) is 9.13 Å². The zero-order valence-electron chi connectivity index (χ0n) is 8.78. The van der Waals surface area contributed by atoms with Crippen molar-refractivity contribution in [2.24, 2.45) is 5.92 Å². The Bertz CT molecular complexity index is 346. The molecule has 14 heavy (non-hydrogen) atoms. The molecule has 3 nitrogen and oxygen atoms in total. The van der Waals surface area contributed by atoms with Gasteiger partial charge in [0.1, 0.15) is 0 Å². The second-order valence-corrected chi connectivity index (χ2v) is 4.22. The molecule has 0 spiro atoms. The molecule has 0 aliphatic heterocycles. The Balaban J connectivity index is 2.06. The van der Waals surface area contributed by atoms with Gasteiger partial charge < -0.3 is 0 Å². The van der Waals surface area contributed by atoms with E-state index in [2.05, 4.69) is 6.92 Å². The average molecular weight is 194 g/mol. The van der Waals surface area contributed by atoms with Crippen LogP contribution in [0.2, 0.25) is 0 Å². The first-order chi connectivity index (χ1) is 6.81. The molecule has 0 radical (unpaired) electrons. The van der Waals surface area contributed by atoms with Gasteiger partial charge in [-0.2, -0.15) is 0 Å². The fraction of sp³-hybridized carbons (Fsp3) is 0.727. The van der Waals surface area contributed by atoms with E-state index in [-0.39, 0.29) is 5.69 Å². The molecule has 0 amide bonds. The van der Waals surface area contributed by atoms with E-state index in [1.54, 1.807) is 4.57 Å². The molecule has 1 aromatic heterocycles. The van der Waals surface area contributed by atoms with Crippen LogP contribution in [0.5, 0.6) is 0 Å². The van der Waals surface area contributed by atoms with Gasteiger partial charge in [-0.1, -0.05) is 13.3 Å². The predicted molar refractivity (Wildman–Crippen MR) is 56.3 cm³/mol. The molecule has 0 atom stereocenters. The van der Waals surface area contributed by atoms with Gasteiger partial charge in [0.05, 0.1) is 0 Å². The zero-order chi connectivity index (χ0) is 9.97. The van der Waals surface area contributed by atoms with E-state index in [1.165, 1.54) is 19.3 Å². The summed E-state index contributed by atoms with van der Waals surface area (Å²) in [6, 6.07) is 0. The van der Waals surface area contributed by atoms with Crippen LogP contribution in [0.4, 0.5) is 0 Å². The van der Waals surface area contributed by atoms with Crippen LogP contribution in [-0.2, 0) is 13.1 Å². The summed E-state index contributed by atoms with van der Waals surface area (Å²) in [5.41, 5.74) is 0.166. The van der Waals surface area contributed by atoms with Crippen molar-refractivity contribution in [3.63, 3.8) is 0 Å². The third kappa shape index (κ3) is 1.76. The molecule has 1 fully saturated rings. The van der Waals surface area contributed by atoms with Crippen molar-refractivity contribution >= 4 is 0 Å². The van der Waals surface area contributed by atoms with E-state index >= 15 is 0 Å². The van der Waals surface area contributed by atoms with Gasteiger partial charge in [0.25, 0.3) is 0 Å². The number of imidazole rings is 1. The lowest BCUT2D eigenvalue weighted by atomic mass is 9.85. The molecular weight excluding hydrogens is 176 g/mol. The van der Waals surface area contributed by atoms with Gasteiger partial charge in [0.15, 0.2) is 0 Å². The van der Waals surface area contributed by atoms with Gasteiger partial charge in [0.2, 0.25) is 0 Å². The first kappa shape index (κ1) is 9.56. The molecule has 1 aliphatic carbocycles. The molecule has 1 aliphatic rings. The maximum absolute atomic E-state index is 11.8. The number of nitrogens with zero attached hydrogens (tertiary/aromatic N) is 2. The fourth-order valence-electron chi connectivity index (χ4n) is 1.96. The number of aromatic nitrogens is 2. The summed E-state index contributed by atoms with van der Waals surface area (Å²) in [5, 5.41) is 0. The van der Waals surface area contributed by atoms with Crippen LogP contribution in [0, 0.1) is 5.92 Å². The molecule has 3 heteroatoms. The minimum atomic E-state index is 0.166. The van der Waals surface area contributed by atoms with Gasteiger partial charge >= 0.3 is 5.69 Å². The summed E-state index contributed by atoms with van der Waals surface area (Å²) in [5.74, 6) is 0.755. The lowest BCUT2D eigenvalue weighted by molar-refractivity contribution is 0.273. The Morgan fingerprint density at radius 1 is 1.36 bits per heavy atom. The molecule has 1 saturated carbocycles. The summed E-state index contributed by atoms with van der Waals surface area (Å²) >= 11 is 0. The highest BCUT2D eigenvalue weighted by atomic mass is 16.1. The SMILES string of the molecule is CCCn1ccn(CC2CCC2)c1=O. The third-order valence-electron chi connectivity index (χ3n) is 3.06. The van der Waals surface area contributed by atoms with Crippen LogP contribution in [0.25, 0.3) is 0 Å². The minimum absolute atomic E-state index is 0.166. The van der Waals surface area contributed by atoms with E-state index < -0.39 is 0 Å². The second-order valence-electron chi connectivity index (χ2n) is 4.22. The zero-order valence-corrected chi connectivity index (χ0v) is 8.78. The number of aryl methyl sites for hydroxylation is 1. The van der Waals surface area contributed by atoms with Crippen molar-refractivity contribution in [3.05, 3.63) is 22.9 Å². The predicted octanol–water partition coefficient (Wildman–Crippen LogP) is 1.86. The van der Waals surface area contributed by atoms with E-state index in [0.717, 1.165) is 25.4 Å². The van der Waals surface area contributed by atoms with Crippen LogP contribution < -0.4 is 5.69 Å². The van der Waals surface area contributed by atoms with Crippen molar-refractivity contribution in [2.45, 2.75) is 45.7 Å². The number of hydrogen-bond donors (Lipinski definition) is 0. The van der Waals surface area contributed by atoms with E-state index in [0.29, 0.717) is 0 Å². The molecule has 0 aromatic carbocycles. The highest BCUT2D eigenvalue weighted by molar-refractivity contribution is 4.83. The Labute approximate surface area is 84.4 Å². The number of rotatable bonds is 4. The van der Waals surface area contributed by atoms with Gasteiger partial charge in [-0.3, -0.25) is 9.13 Å². The first-order valence-corrected chi connectivity index (χ1v) is 5.57. The Morgan fingerprint density at radius 2 is 2.07 bits per heavy atom. The minimum Gasteiger partial charge on any atom is -0.299 e. The maximum atomic E-state index is 11.8. The molecule has 0 N–H and O–H groups in total. The normalized spacial score (nSPS) is 16.9. The summed E-state index contributed by atoms with van der Waals surface area (Å²) in [7, 11) is 0. The highest BCUT2D eigenvalue weighted by Crippen LogP contribution is 2.27. The van der Waals surface area contributed by atoms with E-state index in [9.17, 15) is 4.79 Å². The smallest absolute Gasteiger partial charge is 0.299 e. The van der Waals surface area contributed by atoms with Gasteiger partial charge in [0, 0.05) is 25.5 Å². The highest BCUT2D eigenvalue weighted by Gasteiger charge is 2.18. The van der Waals surface area contributed by atoms with Crippen molar-refractivity contribution in [1.29, 1.82) is 0 Å². The summed E-state index contributed by atoms with van der Waals surface area (Å²) in [4.78, 5) is 11.8. The first-order valence-electron chi connectivity index (χ1n) is 5.57. The Morgan fingerprint density at radius 3 is 2.64 bits per heavy atom. The van der Waals surface area contributed by atoms with Gasteiger partial charge in [-0.25, -0.2) is 4.79 Å². The van der Waals surface area contributed by atoms with Gasteiger partial charge in [-0.05, 0) is 25.2 Å². The lowest BCUT2D eigenvalue weighted by Crippen LogP contribution is -2.28. The van der Waals surface area contributed by atoms with E-state index in [1.807, 2.05) is 17.0 Å². The van der Waals surface area contributed by atoms with Crippen LogP contribution in [0.15, 0.2) is 17.2 Å². The monoisotopic (exact) mass is 194 g/mol. The third-order valence-corrected chi connectivity index (χ3v) is 3.06. The Kier molecular flexibility index (Phi) is 2.75. The molecule has 78 valence electrons. The number of hydrogen-bond acceptors (Lipinski definition) is 1. The molecule has 0 bridgehead atoms. The average Bonchev–Trinajstić information content (AvgIpc) is 2.43. The topological polar surface area (TPSA) is 26.9 Å². The summed E-state index contributed by atoms with van der Waals surface area (Å²) < 4.78 is 3.66. The van der Waals surface area contributed by atoms with Gasteiger partial charge in [-0.15, -0.1) is 0 Å². The van der Waals surface area contributed by atoms with Crippen LogP contribution in [-0.4, -0.2) is 9.13 Å². The standard InChI is InChI=1S/C11H18N2O/c1-2-6-12-7-8-13(11(12)14)9-10-4-3-5-10/h7-8,10H,2-6,9H2,1H3.